The first-order chi connectivity index (χ1) is 18.6. The Kier molecular flexibility index (Phi) is 6.70. The van der Waals surface area contributed by atoms with Crippen molar-refractivity contribution in [1.82, 2.24) is 15.2 Å². The van der Waals surface area contributed by atoms with Gasteiger partial charge in [-0.2, -0.15) is 0 Å². The van der Waals surface area contributed by atoms with Crippen LogP contribution in [-0.4, -0.2) is 54.1 Å². The summed E-state index contributed by atoms with van der Waals surface area (Å²) in [6.07, 6.45) is 3.59. The third-order valence-corrected chi connectivity index (χ3v) is 7.43. The summed E-state index contributed by atoms with van der Waals surface area (Å²) in [4.78, 5) is 20.4. The Balaban J connectivity index is 1.36. The number of aromatic nitrogens is 1. The Labute approximate surface area is 222 Å². The Morgan fingerprint density at radius 1 is 1.05 bits per heavy atom. The van der Waals surface area contributed by atoms with Gasteiger partial charge in [0.25, 0.3) is 0 Å². The minimum Gasteiger partial charge on any atom is -0.504 e. The number of hydrogen-bond acceptors (Lipinski definition) is 7. The lowest BCUT2D eigenvalue weighted by Crippen LogP contribution is -2.42. The molecule has 4 aromatic rings. The molecule has 6 rings (SSSR count). The van der Waals surface area contributed by atoms with E-state index in [9.17, 15) is 9.90 Å². The summed E-state index contributed by atoms with van der Waals surface area (Å²) in [7, 11) is 1.54. The lowest BCUT2D eigenvalue weighted by Gasteiger charge is -2.27. The molecular formula is C31H32N4O3. The van der Waals surface area contributed by atoms with Crippen LogP contribution in [0, 0.1) is 5.92 Å². The molecule has 1 saturated heterocycles. The molecule has 1 aliphatic heterocycles. The van der Waals surface area contributed by atoms with Crippen LogP contribution in [0.25, 0.3) is 22.0 Å². The highest BCUT2D eigenvalue weighted by molar-refractivity contribution is 6.11. The number of methoxy groups -OCH3 is 1. The fourth-order valence-electron chi connectivity index (χ4n) is 5.08. The molecule has 0 spiro atoms. The maximum absolute atomic E-state index is 13.3. The average Bonchev–Trinajstić information content (AvgIpc) is 3.80. The minimum atomic E-state index is 0.0840. The van der Waals surface area contributed by atoms with Gasteiger partial charge in [-0.15, -0.1) is 0 Å². The number of benzene rings is 3. The van der Waals surface area contributed by atoms with Crippen LogP contribution in [0.2, 0.25) is 0 Å². The molecule has 194 valence electrons. The van der Waals surface area contributed by atoms with Crippen molar-refractivity contribution < 1.29 is 14.6 Å². The Morgan fingerprint density at radius 2 is 1.79 bits per heavy atom. The van der Waals surface area contributed by atoms with Crippen molar-refractivity contribution in [1.29, 1.82) is 0 Å². The van der Waals surface area contributed by atoms with E-state index in [0.29, 0.717) is 11.3 Å². The van der Waals surface area contributed by atoms with Crippen molar-refractivity contribution in [3.63, 3.8) is 0 Å². The number of piperazine rings is 1. The molecule has 7 nitrogen and oxygen atoms in total. The normalized spacial score (nSPS) is 15.9. The Hall–Kier alpha value is -3.94. The number of nitrogens with one attached hydrogen (secondary N) is 2. The molecule has 2 heterocycles. The zero-order valence-electron chi connectivity index (χ0n) is 21.5. The molecule has 0 radical (unpaired) electrons. The van der Waals surface area contributed by atoms with E-state index < -0.39 is 0 Å². The molecular weight excluding hydrogens is 476 g/mol. The van der Waals surface area contributed by atoms with E-state index in [2.05, 4.69) is 50.8 Å². The fourth-order valence-corrected chi connectivity index (χ4v) is 5.08. The van der Waals surface area contributed by atoms with Gasteiger partial charge in [0.15, 0.2) is 17.3 Å². The van der Waals surface area contributed by atoms with Crippen molar-refractivity contribution in [2.45, 2.75) is 19.4 Å². The third kappa shape index (κ3) is 5.08. The lowest BCUT2D eigenvalue weighted by molar-refractivity contribution is 0.0968. The molecule has 7 heteroatoms. The first-order valence-electron chi connectivity index (χ1n) is 13.2. The number of phenolic OH excluding ortho intramolecular Hbond substituents is 1. The monoisotopic (exact) mass is 508 g/mol. The number of ether oxygens (including phenoxy) is 1. The standard InChI is InChI=1S/C31H32N4O3/c1-38-29-17-23(7-11-28(29)36)22-6-10-27-25(16-22)30(26(18-33-27)31(37)21-4-5-21)34-24-8-2-20(3-9-24)19-35-14-12-32-13-15-35/h2-3,6-11,16-18,21,32,36H,4-5,12-15,19H2,1H3,(H,33,34). The van der Waals surface area contributed by atoms with Gasteiger partial charge in [0.1, 0.15) is 0 Å². The van der Waals surface area contributed by atoms with Gasteiger partial charge in [0.05, 0.1) is 23.9 Å². The number of carbonyl (C=O) groups excluding carboxylic acids is 1. The molecule has 3 aromatic carbocycles. The van der Waals surface area contributed by atoms with Crippen LogP contribution in [0.5, 0.6) is 11.5 Å². The highest BCUT2D eigenvalue weighted by Crippen LogP contribution is 2.39. The number of phenols is 1. The van der Waals surface area contributed by atoms with E-state index in [-0.39, 0.29) is 17.5 Å². The van der Waals surface area contributed by atoms with Crippen LogP contribution in [0.1, 0.15) is 28.8 Å². The van der Waals surface area contributed by atoms with Gasteiger partial charge in [-0.1, -0.05) is 24.3 Å². The average molecular weight is 509 g/mol. The molecule has 0 atom stereocenters. The molecule has 0 unspecified atom stereocenters. The summed E-state index contributed by atoms with van der Waals surface area (Å²) in [6.45, 7) is 5.12. The largest absolute Gasteiger partial charge is 0.504 e. The van der Waals surface area contributed by atoms with Gasteiger partial charge in [0.2, 0.25) is 0 Å². The minimum absolute atomic E-state index is 0.0840. The van der Waals surface area contributed by atoms with Crippen molar-refractivity contribution in [2.75, 3.05) is 38.6 Å². The second-order valence-corrected chi connectivity index (χ2v) is 10.2. The summed E-state index contributed by atoms with van der Waals surface area (Å²) in [5, 5.41) is 17.9. The van der Waals surface area contributed by atoms with Gasteiger partial charge in [-0.25, -0.2) is 0 Å². The number of pyridine rings is 1. The van der Waals surface area contributed by atoms with E-state index in [1.165, 1.54) is 12.7 Å². The van der Waals surface area contributed by atoms with Gasteiger partial charge < -0.3 is 20.5 Å². The molecule has 3 N–H and O–H groups in total. The SMILES string of the molecule is COc1cc(-c2ccc3ncc(C(=O)C4CC4)c(Nc4ccc(CN5CCNCC5)cc4)c3c2)ccc1O. The van der Waals surface area contributed by atoms with E-state index in [1.54, 1.807) is 12.3 Å². The summed E-state index contributed by atoms with van der Waals surface area (Å²) < 4.78 is 5.31. The summed E-state index contributed by atoms with van der Waals surface area (Å²) >= 11 is 0. The second-order valence-electron chi connectivity index (χ2n) is 10.2. The van der Waals surface area contributed by atoms with Crippen LogP contribution in [0.4, 0.5) is 11.4 Å². The fraction of sp³-hybridized carbons (Fsp3) is 0.290. The van der Waals surface area contributed by atoms with Crippen molar-refractivity contribution in [2.24, 2.45) is 5.92 Å². The lowest BCUT2D eigenvalue weighted by atomic mass is 9.98. The van der Waals surface area contributed by atoms with Gasteiger partial charge in [0, 0.05) is 55.9 Å². The molecule has 38 heavy (non-hydrogen) atoms. The van der Waals surface area contributed by atoms with Gasteiger partial charge >= 0.3 is 0 Å². The van der Waals surface area contributed by atoms with E-state index >= 15 is 0 Å². The van der Waals surface area contributed by atoms with Crippen LogP contribution >= 0.6 is 0 Å². The highest BCUT2D eigenvalue weighted by atomic mass is 16.5. The molecule has 1 aliphatic carbocycles. The quantitative estimate of drug-likeness (QED) is 0.276. The smallest absolute Gasteiger partial charge is 0.169 e. The van der Waals surface area contributed by atoms with Gasteiger partial charge in [-0.3, -0.25) is 14.7 Å². The molecule has 2 aliphatic rings. The second kappa shape index (κ2) is 10.4. The zero-order valence-corrected chi connectivity index (χ0v) is 21.5. The van der Waals surface area contributed by atoms with Crippen LogP contribution in [0.15, 0.2) is 66.9 Å². The molecule has 1 aromatic heterocycles. The number of fused-ring (bicyclic) bond motifs is 1. The number of Topliss-reactive ketones (excluding diaryl/α,β-unsaturated/α-hetero) is 1. The predicted octanol–water partition coefficient (Wildman–Crippen LogP) is 5.36. The molecule has 1 saturated carbocycles. The molecule has 0 bridgehead atoms. The van der Waals surface area contributed by atoms with Crippen molar-refractivity contribution in [3.8, 4) is 22.6 Å². The van der Waals surface area contributed by atoms with E-state index in [0.717, 1.165) is 79.0 Å². The third-order valence-electron chi connectivity index (χ3n) is 7.43. The first kappa shape index (κ1) is 24.4. The Bertz CT molecular complexity index is 1470. The number of hydrogen-bond donors (Lipinski definition) is 3. The maximum atomic E-state index is 13.3. The number of anilines is 2. The predicted molar refractivity (Wildman–Crippen MR) is 150 cm³/mol. The topological polar surface area (TPSA) is 86.7 Å². The highest BCUT2D eigenvalue weighted by Gasteiger charge is 2.32. The molecule has 0 amide bonds. The number of aromatic hydroxyl groups is 1. The van der Waals surface area contributed by atoms with Crippen LogP contribution in [0.3, 0.4) is 0 Å². The molecule has 2 fully saturated rings. The number of carbonyl (C=O) groups is 1. The number of rotatable bonds is 8. The zero-order chi connectivity index (χ0) is 26.1. The van der Waals surface area contributed by atoms with E-state index in [1.807, 2.05) is 24.3 Å². The Morgan fingerprint density at radius 3 is 2.53 bits per heavy atom. The van der Waals surface area contributed by atoms with Crippen molar-refractivity contribution >= 4 is 28.1 Å². The number of nitrogens with zero attached hydrogens (tertiary/aromatic N) is 2. The summed E-state index contributed by atoms with van der Waals surface area (Å²) in [5.74, 6) is 0.742. The summed E-state index contributed by atoms with van der Waals surface area (Å²) in [6, 6.07) is 19.8. The maximum Gasteiger partial charge on any atom is 0.169 e. The van der Waals surface area contributed by atoms with E-state index in [4.69, 9.17) is 4.74 Å². The summed E-state index contributed by atoms with van der Waals surface area (Å²) in [5.41, 5.74) is 6.29. The van der Waals surface area contributed by atoms with Crippen LogP contribution < -0.4 is 15.4 Å². The first-order valence-corrected chi connectivity index (χ1v) is 13.2. The van der Waals surface area contributed by atoms with Crippen molar-refractivity contribution in [3.05, 3.63) is 78.0 Å². The number of ketones is 1. The van der Waals surface area contributed by atoms with Crippen LogP contribution in [-0.2, 0) is 6.54 Å². The van der Waals surface area contributed by atoms with Gasteiger partial charge in [-0.05, 0) is 65.9 Å².